The molecule has 27 heavy (non-hydrogen) atoms. The Morgan fingerprint density at radius 2 is 1.78 bits per heavy atom. The van der Waals surface area contributed by atoms with Gasteiger partial charge in [-0.2, -0.15) is 0 Å². The third-order valence-corrected chi connectivity index (χ3v) is 4.26. The standard InChI is InChI=1S/C21H20O6/c1-4-13-10-21(23)27-19-11-15(6-7-16(13)19)26-12-17(22)14-5-8-18(24-2)20(9-14)25-3/h5-11H,4,12H2,1-3H3. The number of hydrogen-bond donors (Lipinski definition) is 0. The van der Waals surface area contributed by atoms with Crippen LogP contribution in [0, 0.1) is 0 Å². The normalized spacial score (nSPS) is 10.6. The number of ketones is 1. The zero-order valence-corrected chi connectivity index (χ0v) is 15.4. The molecule has 1 aromatic heterocycles. The first-order valence-electron chi connectivity index (χ1n) is 8.50. The number of benzene rings is 2. The average molecular weight is 368 g/mol. The number of carbonyl (C=O) groups is 1. The van der Waals surface area contributed by atoms with Crippen molar-refractivity contribution < 1.29 is 23.4 Å². The number of fused-ring (bicyclic) bond motifs is 1. The van der Waals surface area contributed by atoms with E-state index in [9.17, 15) is 9.59 Å². The maximum absolute atomic E-state index is 12.4. The number of rotatable bonds is 7. The van der Waals surface area contributed by atoms with Crippen LogP contribution in [0.2, 0.25) is 0 Å². The highest BCUT2D eigenvalue weighted by Gasteiger charge is 2.12. The second kappa shape index (κ2) is 7.95. The summed E-state index contributed by atoms with van der Waals surface area (Å²) in [6.45, 7) is 1.82. The summed E-state index contributed by atoms with van der Waals surface area (Å²) in [5.41, 5.74) is 1.40. The number of hydrogen-bond acceptors (Lipinski definition) is 6. The van der Waals surface area contributed by atoms with Gasteiger partial charge in [-0.25, -0.2) is 4.79 Å². The highest BCUT2D eigenvalue weighted by molar-refractivity contribution is 5.98. The molecular weight excluding hydrogens is 348 g/mol. The number of Topliss-reactive ketones (excluding diaryl/α,β-unsaturated/α-hetero) is 1. The van der Waals surface area contributed by atoms with Crippen molar-refractivity contribution >= 4 is 16.8 Å². The molecule has 0 aliphatic carbocycles. The minimum atomic E-state index is -0.405. The molecule has 3 aromatic rings. The Bertz CT molecular complexity index is 1030. The van der Waals surface area contributed by atoms with E-state index in [-0.39, 0.29) is 12.4 Å². The van der Waals surface area contributed by atoms with Crippen LogP contribution in [0.1, 0.15) is 22.8 Å². The molecule has 0 saturated carbocycles. The molecule has 0 unspecified atom stereocenters. The third-order valence-electron chi connectivity index (χ3n) is 4.26. The molecule has 6 nitrogen and oxygen atoms in total. The van der Waals surface area contributed by atoms with Gasteiger partial charge in [0, 0.05) is 23.1 Å². The molecule has 0 spiro atoms. The van der Waals surface area contributed by atoms with E-state index in [1.165, 1.54) is 20.3 Å². The molecule has 0 radical (unpaired) electrons. The van der Waals surface area contributed by atoms with Crippen molar-refractivity contribution in [2.24, 2.45) is 0 Å². The Morgan fingerprint density at radius 1 is 1.00 bits per heavy atom. The maximum Gasteiger partial charge on any atom is 0.336 e. The molecule has 0 saturated heterocycles. The minimum absolute atomic E-state index is 0.154. The van der Waals surface area contributed by atoms with Crippen LogP contribution in [0.25, 0.3) is 11.0 Å². The Kier molecular flexibility index (Phi) is 5.45. The largest absolute Gasteiger partial charge is 0.493 e. The quantitative estimate of drug-likeness (QED) is 0.468. The Balaban J connectivity index is 1.78. The van der Waals surface area contributed by atoms with Gasteiger partial charge in [-0.1, -0.05) is 6.92 Å². The Labute approximate surface area is 156 Å². The average Bonchev–Trinajstić information content (AvgIpc) is 2.70. The lowest BCUT2D eigenvalue weighted by Crippen LogP contribution is -2.12. The van der Waals surface area contributed by atoms with Crippen molar-refractivity contribution in [3.63, 3.8) is 0 Å². The van der Waals surface area contributed by atoms with Gasteiger partial charge in [-0.15, -0.1) is 0 Å². The molecule has 0 aliphatic heterocycles. The van der Waals surface area contributed by atoms with E-state index >= 15 is 0 Å². The van der Waals surface area contributed by atoms with Gasteiger partial charge in [0.25, 0.3) is 0 Å². The second-order valence-corrected chi connectivity index (χ2v) is 5.88. The highest BCUT2D eigenvalue weighted by atomic mass is 16.5. The first-order valence-corrected chi connectivity index (χ1v) is 8.50. The molecule has 0 atom stereocenters. The summed E-state index contributed by atoms with van der Waals surface area (Å²) in [4.78, 5) is 24.1. The monoisotopic (exact) mass is 368 g/mol. The van der Waals surface area contributed by atoms with Crippen molar-refractivity contribution in [2.45, 2.75) is 13.3 Å². The molecule has 140 valence electrons. The van der Waals surface area contributed by atoms with Crippen molar-refractivity contribution in [1.29, 1.82) is 0 Å². The van der Waals surface area contributed by atoms with Crippen LogP contribution in [0.5, 0.6) is 17.2 Å². The van der Waals surface area contributed by atoms with Gasteiger partial charge in [0.1, 0.15) is 11.3 Å². The predicted molar refractivity (Wildman–Crippen MR) is 101 cm³/mol. The highest BCUT2D eigenvalue weighted by Crippen LogP contribution is 2.28. The molecule has 0 N–H and O–H groups in total. The van der Waals surface area contributed by atoms with Gasteiger partial charge in [0.05, 0.1) is 14.2 Å². The molecule has 2 aromatic carbocycles. The van der Waals surface area contributed by atoms with Crippen LogP contribution in [-0.2, 0) is 6.42 Å². The summed E-state index contributed by atoms with van der Waals surface area (Å²) < 4.78 is 21.2. The van der Waals surface area contributed by atoms with Crippen LogP contribution in [0.15, 0.2) is 51.7 Å². The van der Waals surface area contributed by atoms with Crippen LogP contribution in [0.4, 0.5) is 0 Å². The summed E-state index contributed by atoms with van der Waals surface area (Å²) in [6, 6.07) is 11.6. The minimum Gasteiger partial charge on any atom is -0.493 e. The maximum atomic E-state index is 12.4. The van der Waals surface area contributed by atoms with Crippen LogP contribution >= 0.6 is 0 Å². The van der Waals surface area contributed by atoms with Crippen LogP contribution < -0.4 is 19.8 Å². The van der Waals surface area contributed by atoms with E-state index in [2.05, 4.69) is 0 Å². The smallest absolute Gasteiger partial charge is 0.336 e. The zero-order chi connectivity index (χ0) is 19.4. The lowest BCUT2D eigenvalue weighted by Gasteiger charge is -2.10. The molecule has 3 rings (SSSR count). The second-order valence-electron chi connectivity index (χ2n) is 5.88. The number of aryl methyl sites for hydroxylation is 1. The van der Waals surface area contributed by atoms with E-state index in [1.807, 2.05) is 13.0 Å². The molecule has 0 fully saturated rings. The first kappa shape index (κ1) is 18.5. The van der Waals surface area contributed by atoms with Crippen molar-refractivity contribution in [3.8, 4) is 17.2 Å². The van der Waals surface area contributed by atoms with E-state index < -0.39 is 5.63 Å². The van der Waals surface area contributed by atoms with Crippen molar-refractivity contribution in [3.05, 3.63) is 64.0 Å². The van der Waals surface area contributed by atoms with E-state index in [4.69, 9.17) is 18.6 Å². The SMILES string of the molecule is CCc1cc(=O)oc2cc(OCC(=O)c3ccc(OC)c(OC)c3)ccc12. The molecule has 0 bridgehead atoms. The third kappa shape index (κ3) is 3.95. The zero-order valence-electron chi connectivity index (χ0n) is 15.4. The summed E-state index contributed by atoms with van der Waals surface area (Å²) in [7, 11) is 3.04. The van der Waals surface area contributed by atoms with Gasteiger partial charge in [0.15, 0.2) is 23.9 Å². The van der Waals surface area contributed by atoms with Crippen LogP contribution in [0.3, 0.4) is 0 Å². The topological polar surface area (TPSA) is 75.0 Å². The Hall–Kier alpha value is -3.28. The van der Waals surface area contributed by atoms with Crippen molar-refractivity contribution in [1.82, 2.24) is 0 Å². The summed E-state index contributed by atoms with van der Waals surface area (Å²) in [5.74, 6) is 1.27. The summed E-state index contributed by atoms with van der Waals surface area (Å²) in [5, 5.41) is 0.857. The van der Waals surface area contributed by atoms with E-state index in [1.54, 1.807) is 30.3 Å². The molecule has 6 heteroatoms. The molecule has 1 heterocycles. The fourth-order valence-corrected chi connectivity index (χ4v) is 2.83. The number of methoxy groups -OCH3 is 2. The summed E-state index contributed by atoms with van der Waals surface area (Å²) in [6.07, 6.45) is 0.722. The fraction of sp³-hybridized carbons (Fsp3) is 0.238. The van der Waals surface area contributed by atoms with Gasteiger partial charge < -0.3 is 18.6 Å². The van der Waals surface area contributed by atoms with E-state index in [0.29, 0.717) is 28.4 Å². The van der Waals surface area contributed by atoms with Gasteiger partial charge in [-0.05, 0) is 42.3 Å². The fourth-order valence-electron chi connectivity index (χ4n) is 2.83. The predicted octanol–water partition coefficient (Wildman–Crippen LogP) is 3.63. The Morgan fingerprint density at radius 3 is 2.48 bits per heavy atom. The molecule has 0 amide bonds. The molecule has 0 aliphatic rings. The first-order chi connectivity index (χ1) is 13.0. The number of carbonyl (C=O) groups excluding carboxylic acids is 1. The molecular formula is C21H20O6. The lowest BCUT2D eigenvalue weighted by molar-refractivity contribution is 0.0921. The summed E-state index contributed by atoms with van der Waals surface area (Å²) >= 11 is 0. The van der Waals surface area contributed by atoms with Crippen LogP contribution in [-0.4, -0.2) is 26.6 Å². The van der Waals surface area contributed by atoms with Gasteiger partial charge >= 0.3 is 5.63 Å². The lowest BCUT2D eigenvalue weighted by atomic mass is 10.1. The van der Waals surface area contributed by atoms with Gasteiger partial charge in [0.2, 0.25) is 0 Å². The van der Waals surface area contributed by atoms with Gasteiger partial charge in [-0.3, -0.25) is 4.79 Å². The number of ether oxygens (including phenoxy) is 3. The van der Waals surface area contributed by atoms with Crippen molar-refractivity contribution in [2.75, 3.05) is 20.8 Å². The van der Waals surface area contributed by atoms with E-state index in [0.717, 1.165) is 17.4 Å².